The van der Waals surface area contributed by atoms with Crippen LogP contribution < -0.4 is 10.9 Å². The maximum atomic E-state index is 12.5. The summed E-state index contributed by atoms with van der Waals surface area (Å²) >= 11 is 0. The van der Waals surface area contributed by atoms with Gasteiger partial charge < -0.3 is 15.2 Å². The van der Waals surface area contributed by atoms with Crippen molar-refractivity contribution in [1.29, 1.82) is 0 Å². The Bertz CT molecular complexity index is 713. The Morgan fingerprint density at radius 3 is 2.86 bits per heavy atom. The van der Waals surface area contributed by atoms with Gasteiger partial charge >= 0.3 is 0 Å². The molecule has 1 saturated heterocycles. The molecular weight excluding hydrogens is 290 g/mol. The number of benzene rings is 1. The molecule has 2 N–H and O–H groups in total. The zero-order valence-electron chi connectivity index (χ0n) is 11.8. The van der Waals surface area contributed by atoms with Crippen molar-refractivity contribution in [3.8, 4) is 0 Å². The average molecular weight is 308 g/mol. The van der Waals surface area contributed by atoms with Gasteiger partial charge in [-0.15, -0.1) is 12.4 Å². The van der Waals surface area contributed by atoms with Crippen molar-refractivity contribution in [1.82, 2.24) is 15.2 Å². The van der Waals surface area contributed by atoms with Gasteiger partial charge in [-0.1, -0.05) is 18.2 Å². The van der Waals surface area contributed by atoms with E-state index in [2.05, 4.69) is 10.3 Å². The van der Waals surface area contributed by atoms with Gasteiger partial charge in [-0.2, -0.15) is 0 Å². The Balaban J connectivity index is 0.00000161. The van der Waals surface area contributed by atoms with Gasteiger partial charge in [-0.25, -0.2) is 0 Å². The molecule has 3 rings (SSSR count). The number of aromatic amines is 1. The average Bonchev–Trinajstić information content (AvgIpc) is 2.47. The SMILES string of the molecule is C[C@@H]1CNCCN1C(=O)c1cc2ccccc2c(=O)[nH]1.Cl. The summed E-state index contributed by atoms with van der Waals surface area (Å²) in [7, 11) is 0. The summed E-state index contributed by atoms with van der Waals surface area (Å²) in [5.74, 6) is -0.109. The minimum Gasteiger partial charge on any atom is -0.332 e. The second-order valence-corrected chi connectivity index (χ2v) is 5.15. The predicted octanol–water partition coefficient (Wildman–Crippen LogP) is 1.38. The highest BCUT2D eigenvalue weighted by Gasteiger charge is 2.24. The van der Waals surface area contributed by atoms with Gasteiger partial charge in [0.2, 0.25) is 0 Å². The highest BCUT2D eigenvalue weighted by atomic mass is 35.5. The Labute approximate surface area is 128 Å². The monoisotopic (exact) mass is 307 g/mol. The van der Waals surface area contributed by atoms with Crippen LogP contribution in [0, 0.1) is 0 Å². The molecule has 1 amide bonds. The molecule has 0 bridgehead atoms. The molecule has 0 unspecified atom stereocenters. The molecule has 0 aliphatic carbocycles. The number of H-pyrrole nitrogens is 1. The van der Waals surface area contributed by atoms with Gasteiger partial charge in [-0.3, -0.25) is 9.59 Å². The van der Waals surface area contributed by atoms with E-state index in [0.717, 1.165) is 18.5 Å². The minimum absolute atomic E-state index is 0. The third-order valence-electron chi connectivity index (χ3n) is 3.75. The molecule has 2 aromatic rings. The first-order valence-corrected chi connectivity index (χ1v) is 6.80. The predicted molar refractivity (Wildman–Crippen MR) is 85.2 cm³/mol. The van der Waals surface area contributed by atoms with Crippen LogP contribution in [0.15, 0.2) is 35.1 Å². The van der Waals surface area contributed by atoms with E-state index in [1.54, 1.807) is 17.0 Å². The lowest BCUT2D eigenvalue weighted by Crippen LogP contribution is -2.52. The zero-order valence-corrected chi connectivity index (χ0v) is 12.6. The summed E-state index contributed by atoms with van der Waals surface area (Å²) < 4.78 is 0. The van der Waals surface area contributed by atoms with Crippen molar-refractivity contribution in [3.63, 3.8) is 0 Å². The molecular formula is C15H18ClN3O2. The summed E-state index contributed by atoms with van der Waals surface area (Å²) in [4.78, 5) is 29.1. The number of nitrogens with one attached hydrogen (secondary N) is 2. The molecule has 0 spiro atoms. The Morgan fingerprint density at radius 2 is 2.10 bits per heavy atom. The second kappa shape index (κ2) is 6.28. The van der Waals surface area contributed by atoms with Crippen molar-refractivity contribution in [2.24, 2.45) is 0 Å². The lowest BCUT2D eigenvalue weighted by atomic mass is 10.1. The van der Waals surface area contributed by atoms with Crippen LogP contribution in [0.4, 0.5) is 0 Å². The van der Waals surface area contributed by atoms with Gasteiger partial charge in [-0.05, 0) is 24.4 Å². The fourth-order valence-corrected chi connectivity index (χ4v) is 2.62. The Hall–Kier alpha value is -1.85. The summed E-state index contributed by atoms with van der Waals surface area (Å²) in [5, 5.41) is 4.65. The largest absolute Gasteiger partial charge is 0.332 e. The van der Waals surface area contributed by atoms with Crippen LogP contribution in [0.25, 0.3) is 10.8 Å². The molecule has 1 aromatic heterocycles. The molecule has 21 heavy (non-hydrogen) atoms. The van der Waals surface area contributed by atoms with Gasteiger partial charge in [0.15, 0.2) is 0 Å². The number of halogens is 1. The third-order valence-corrected chi connectivity index (χ3v) is 3.75. The van der Waals surface area contributed by atoms with Crippen LogP contribution >= 0.6 is 12.4 Å². The maximum absolute atomic E-state index is 12.5. The molecule has 1 aromatic carbocycles. The summed E-state index contributed by atoms with van der Waals surface area (Å²) in [5.41, 5.74) is 0.150. The van der Waals surface area contributed by atoms with Gasteiger partial charge in [0.05, 0.1) is 0 Å². The molecule has 2 heterocycles. The number of pyridine rings is 1. The van der Waals surface area contributed by atoms with Crippen LogP contribution in [0.3, 0.4) is 0 Å². The van der Waals surface area contributed by atoms with E-state index in [1.807, 2.05) is 25.1 Å². The Kier molecular flexibility index (Phi) is 4.65. The van der Waals surface area contributed by atoms with Gasteiger partial charge in [0.25, 0.3) is 11.5 Å². The van der Waals surface area contributed by atoms with Crippen molar-refractivity contribution in [2.45, 2.75) is 13.0 Å². The fraction of sp³-hybridized carbons (Fsp3) is 0.333. The number of piperazine rings is 1. The topological polar surface area (TPSA) is 65.2 Å². The van der Waals surface area contributed by atoms with E-state index in [1.165, 1.54) is 0 Å². The quantitative estimate of drug-likeness (QED) is 0.836. The standard InChI is InChI=1S/C15H17N3O2.ClH/c1-10-9-16-6-7-18(10)15(20)13-8-11-4-2-3-5-12(11)14(19)17-13;/h2-5,8,10,16H,6-7,9H2,1H3,(H,17,19);1H/t10-;/m1./s1. The van der Waals surface area contributed by atoms with Crippen LogP contribution in [-0.2, 0) is 0 Å². The number of carbonyl (C=O) groups excluding carboxylic acids is 1. The number of amides is 1. The first-order valence-electron chi connectivity index (χ1n) is 6.80. The molecule has 112 valence electrons. The first-order chi connectivity index (χ1) is 9.66. The number of hydrogen-bond donors (Lipinski definition) is 2. The Morgan fingerprint density at radius 1 is 1.33 bits per heavy atom. The molecule has 1 atom stereocenters. The number of aromatic nitrogens is 1. The molecule has 6 heteroatoms. The fourth-order valence-electron chi connectivity index (χ4n) is 2.62. The van der Waals surface area contributed by atoms with Gasteiger partial charge in [0, 0.05) is 31.1 Å². The van der Waals surface area contributed by atoms with Crippen molar-refractivity contribution in [2.75, 3.05) is 19.6 Å². The van der Waals surface area contributed by atoms with E-state index in [0.29, 0.717) is 17.6 Å². The number of fused-ring (bicyclic) bond motifs is 1. The van der Waals surface area contributed by atoms with Crippen molar-refractivity contribution >= 4 is 29.1 Å². The number of carbonyl (C=O) groups is 1. The summed E-state index contributed by atoms with van der Waals surface area (Å²) in [6.07, 6.45) is 0. The second-order valence-electron chi connectivity index (χ2n) is 5.15. The van der Waals surface area contributed by atoms with E-state index in [4.69, 9.17) is 0 Å². The smallest absolute Gasteiger partial charge is 0.270 e. The van der Waals surface area contributed by atoms with Gasteiger partial charge in [0.1, 0.15) is 5.69 Å². The lowest BCUT2D eigenvalue weighted by Gasteiger charge is -2.33. The number of rotatable bonds is 1. The van der Waals surface area contributed by atoms with Crippen molar-refractivity contribution < 1.29 is 4.79 Å². The van der Waals surface area contributed by atoms with Crippen molar-refractivity contribution in [3.05, 3.63) is 46.4 Å². The third kappa shape index (κ3) is 2.94. The van der Waals surface area contributed by atoms with E-state index in [9.17, 15) is 9.59 Å². The summed E-state index contributed by atoms with van der Waals surface area (Å²) in [6, 6.07) is 9.18. The van der Waals surface area contributed by atoms with Crippen LogP contribution in [-0.4, -0.2) is 41.5 Å². The van der Waals surface area contributed by atoms with Crippen LogP contribution in [0.1, 0.15) is 17.4 Å². The highest BCUT2D eigenvalue weighted by molar-refractivity contribution is 5.96. The first kappa shape index (κ1) is 15.5. The normalized spacial score (nSPS) is 18.3. The molecule has 0 saturated carbocycles. The van der Waals surface area contributed by atoms with E-state index < -0.39 is 0 Å². The number of hydrogen-bond acceptors (Lipinski definition) is 3. The maximum Gasteiger partial charge on any atom is 0.270 e. The van der Waals surface area contributed by atoms with Crippen LogP contribution in [0.5, 0.6) is 0 Å². The zero-order chi connectivity index (χ0) is 14.1. The summed E-state index contributed by atoms with van der Waals surface area (Å²) in [6.45, 7) is 4.23. The molecule has 5 nitrogen and oxygen atoms in total. The minimum atomic E-state index is -0.214. The van der Waals surface area contributed by atoms with Crippen LogP contribution in [0.2, 0.25) is 0 Å². The van der Waals surface area contributed by atoms with E-state index in [-0.39, 0.29) is 29.9 Å². The molecule has 1 aliphatic rings. The molecule has 0 radical (unpaired) electrons. The molecule has 1 fully saturated rings. The number of nitrogens with zero attached hydrogens (tertiary/aromatic N) is 1. The van der Waals surface area contributed by atoms with E-state index >= 15 is 0 Å². The molecule has 1 aliphatic heterocycles. The highest BCUT2D eigenvalue weighted by Crippen LogP contribution is 2.13. The lowest BCUT2D eigenvalue weighted by molar-refractivity contribution is 0.0649.